The van der Waals surface area contributed by atoms with Gasteiger partial charge in [0.1, 0.15) is 0 Å². The normalized spacial score (nSPS) is 45.4. The maximum absolute atomic E-state index is 11.6. The minimum atomic E-state index is -0.687. The molecule has 0 spiro atoms. The van der Waals surface area contributed by atoms with Crippen LogP contribution in [0.15, 0.2) is 0 Å². The van der Waals surface area contributed by atoms with E-state index in [-0.39, 0.29) is 30.0 Å². The van der Waals surface area contributed by atoms with Crippen molar-refractivity contribution in [3.8, 4) is 0 Å². The summed E-state index contributed by atoms with van der Waals surface area (Å²) in [5, 5.41) is 31.1. The largest absolute Gasteiger partial charge is 0.481 e. The quantitative estimate of drug-likeness (QED) is 0.492. The number of carboxylic acids is 1. The van der Waals surface area contributed by atoms with Gasteiger partial charge in [-0.25, -0.2) is 0 Å². The van der Waals surface area contributed by atoms with Gasteiger partial charge in [-0.05, 0) is 97.7 Å². The summed E-state index contributed by atoms with van der Waals surface area (Å²) < 4.78 is 0. The lowest BCUT2D eigenvalue weighted by atomic mass is 9.47. The predicted octanol–water partition coefficient (Wildman–Crippen LogP) is 5.36. The average Bonchev–Trinajstić information content (AvgIpc) is 3.06. The Labute approximate surface area is 183 Å². The standard InChI is InChI=1S/C26H46O4/c1-6-17(27)14-20-16(4)19-12-13-26(5)21(15(3)8-11-23(28)29)9-10-22(26)24(19)25(30)18(20)7-2/h15-22,24-25,27,30H,6-14H2,1-5H3,(H,28,29)/t15?,16-,17+,18+,19+,20+,21+,22-,24+,25+,26+/m0/s1. The highest BCUT2D eigenvalue weighted by Gasteiger charge is 2.60. The molecule has 0 heterocycles. The number of carboxylic acid groups (broad SMARTS) is 1. The molecule has 3 rings (SSSR count). The van der Waals surface area contributed by atoms with Crippen LogP contribution in [-0.2, 0) is 4.79 Å². The Balaban J connectivity index is 1.81. The van der Waals surface area contributed by atoms with Crippen molar-refractivity contribution in [2.75, 3.05) is 0 Å². The van der Waals surface area contributed by atoms with Crippen molar-refractivity contribution in [1.29, 1.82) is 0 Å². The molecule has 4 heteroatoms. The molecule has 0 aliphatic heterocycles. The number of hydrogen-bond donors (Lipinski definition) is 3. The van der Waals surface area contributed by atoms with Crippen molar-refractivity contribution in [1.82, 2.24) is 0 Å². The molecule has 0 aromatic carbocycles. The fourth-order valence-electron chi connectivity index (χ4n) is 8.52. The molecule has 0 saturated heterocycles. The van der Waals surface area contributed by atoms with E-state index in [4.69, 9.17) is 5.11 Å². The summed E-state index contributed by atoms with van der Waals surface area (Å²) in [6, 6.07) is 0. The molecule has 174 valence electrons. The molecule has 0 aromatic rings. The van der Waals surface area contributed by atoms with Crippen molar-refractivity contribution in [2.24, 2.45) is 52.8 Å². The van der Waals surface area contributed by atoms with E-state index in [0.717, 1.165) is 25.7 Å². The van der Waals surface area contributed by atoms with E-state index in [1.54, 1.807) is 0 Å². The smallest absolute Gasteiger partial charge is 0.303 e. The molecule has 3 N–H and O–H groups in total. The Hall–Kier alpha value is -0.610. The number of hydrogen-bond acceptors (Lipinski definition) is 3. The molecule has 3 saturated carbocycles. The maximum atomic E-state index is 11.6. The highest BCUT2D eigenvalue weighted by molar-refractivity contribution is 5.66. The van der Waals surface area contributed by atoms with Crippen LogP contribution in [-0.4, -0.2) is 33.5 Å². The third kappa shape index (κ3) is 4.20. The zero-order valence-corrected chi connectivity index (χ0v) is 19.9. The molecule has 3 fully saturated rings. The lowest BCUT2D eigenvalue weighted by Crippen LogP contribution is -2.56. The minimum Gasteiger partial charge on any atom is -0.481 e. The van der Waals surface area contributed by atoms with Crippen LogP contribution in [0.25, 0.3) is 0 Å². The molecule has 3 aliphatic carbocycles. The molecule has 0 amide bonds. The Morgan fingerprint density at radius 3 is 2.47 bits per heavy atom. The first-order valence-corrected chi connectivity index (χ1v) is 12.7. The van der Waals surface area contributed by atoms with Crippen LogP contribution in [0.3, 0.4) is 0 Å². The molecule has 3 aliphatic rings. The van der Waals surface area contributed by atoms with Gasteiger partial charge in [0.2, 0.25) is 0 Å². The first-order valence-electron chi connectivity index (χ1n) is 12.7. The highest BCUT2D eigenvalue weighted by atomic mass is 16.4. The second-order valence-electron chi connectivity index (χ2n) is 11.4. The Kier molecular flexibility index (Phi) is 7.60. The van der Waals surface area contributed by atoms with Gasteiger partial charge in [-0.2, -0.15) is 0 Å². The van der Waals surface area contributed by atoms with Crippen molar-refractivity contribution in [2.45, 2.75) is 105 Å². The van der Waals surface area contributed by atoms with Crippen LogP contribution in [0, 0.1) is 52.8 Å². The third-order valence-electron chi connectivity index (χ3n) is 10.2. The maximum Gasteiger partial charge on any atom is 0.303 e. The Morgan fingerprint density at radius 1 is 1.17 bits per heavy atom. The molecule has 30 heavy (non-hydrogen) atoms. The van der Waals surface area contributed by atoms with Gasteiger partial charge in [-0.3, -0.25) is 4.79 Å². The molecular formula is C26H46O4. The summed E-state index contributed by atoms with van der Waals surface area (Å²) in [7, 11) is 0. The van der Waals surface area contributed by atoms with Gasteiger partial charge in [-0.1, -0.05) is 41.0 Å². The van der Waals surface area contributed by atoms with Crippen LogP contribution >= 0.6 is 0 Å². The van der Waals surface area contributed by atoms with Crippen molar-refractivity contribution in [3.05, 3.63) is 0 Å². The van der Waals surface area contributed by atoms with Gasteiger partial charge in [0.05, 0.1) is 12.2 Å². The highest BCUT2D eigenvalue weighted by Crippen LogP contribution is 2.65. The van der Waals surface area contributed by atoms with Crippen LogP contribution < -0.4 is 0 Å². The topological polar surface area (TPSA) is 77.8 Å². The van der Waals surface area contributed by atoms with Gasteiger partial charge in [0.25, 0.3) is 0 Å². The minimum absolute atomic E-state index is 0.230. The lowest BCUT2D eigenvalue weighted by molar-refractivity contribution is -0.153. The van der Waals surface area contributed by atoms with Crippen LogP contribution in [0.5, 0.6) is 0 Å². The van der Waals surface area contributed by atoms with Crippen molar-refractivity contribution < 1.29 is 20.1 Å². The van der Waals surface area contributed by atoms with Gasteiger partial charge < -0.3 is 15.3 Å². The molecule has 0 radical (unpaired) electrons. The molecular weight excluding hydrogens is 376 g/mol. The number of aliphatic hydroxyl groups excluding tert-OH is 2. The summed E-state index contributed by atoms with van der Waals surface area (Å²) in [5.41, 5.74) is 0.230. The van der Waals surface area contributed by atoms with Gasteiger partial charge in [0, 0.05) is 6.42 Å². The first-order chi connectivity index (χ1) is 14.2. The van der Waals surface area contributed by atoms with Crippen molar-refractivity contribution in [3.63, 3.8) is 0 Å². The number of aliphatic carboxylic acids is 1. The Bertz CT molecular complexity index is 592. The third-order valence-corrected chi connectivity index (χ3v) is 10.2. The Morgan fingerprint density at radius 2 is 1.87 bits per heavy atom. The molecule has 4 nitrogen and oxygen atoms in total. The van der Waals surface area contributed by atoms with Crippen molar-refractivity contribution >= 4 is 5.97 Å². The van der Waals surface area contributed by atoms with Gasteiger partial charge in [-0.15, -0.1) is 0 Å². The SMILES string of the molecule is CC[C@@H](O)C[C@@H]1[C@@H](C)[C@H]2CC[C@]3(C)[C@@H](C(C)CCC(=O)O)CC[C@H]3[C@@H]2[C@H](O)[C@@H]1CC. The van der Waals surface area contributed by atoms with Gasteiger partial charge in [0.15, 0.2) is 0 Å². The zero-order chi connectivity index (χ0) is 22.2. The summed E-state index contributed by atoms with van der Waals surface area (Å²) in [4.78, 5) is 11.1. The predicted molar refractivity (Wildman–Crippen MR) is 120 cm³/mol. The second-order valence-corrected chi connectivity index (χ2v) is 11.4. The van der Waals surface area contributed by atoms with E-state index in [1.807, 2.05) is 0 Å². The van der Waals surface area contributed by atoms with E-state index in [2.05, 4.69) is 34.6 Å². The summed E-state index contributed by atoms with van der Waals surface area (Å²) in [6.07, 6.45) is 7.87. The second kappa shape index (κ2) is 9.48. The lowest BCUT2D eigenvalue weighted by Gasteiger charge is -2.58. The number of carbonyl (C=O) groups is 1. The number of fused-ring (bicyclic) bond motifs is 3. The fraction of sp³-hybridized carbons (Fsp3) is 0.962. The van der Waals surface area contributed by atoms with Crippen LogP contribution in [0.1, 0.15) is 92.4 Å². The summed E-state index contributed by atoms with van der Waals surface area (Å²) in [5.74, 6) is 3.05. The van der Waals surface area contributed by atoms with E-state index >= 15 is 0 Å². The van der Waals surface area contributed by atoms with E-state index < -0.39 is 5.97 Å². The van der Waals surface area contributed by atoms with Gasteiger partial charge >= 0.3 is 5.97 Å². The summed E-state index contributed by atoms with van der Waals surface area (Å²) >= 11 is 0. The summed E-state index contributed by atoms with van der Waals surface area (Å²) in [6.45, 7) is 11.4. The molecule has 1 unspecified atom stereocenters. The van der Waals surface area contributed by atoms with E-state index in [9.17, 15) is 15.0 Å². The monoisotopic (exact) mass is 422 g/mol. The first kappa shape index (κ1) is 24.0. The van der Waals surface area contributed by atoms with Crippen LogP contribution in [0.2, 0.25) is 0 Å². The molecule has 0 bridgehead atoms. The molecule has 11 atom stereocenters. The molecule has 0 aromatic heterocycles. The number of aliphatic hydroxyl groups is 2. The number of rotatable bonds is 8. The fourth-order valence-corrected chi connectivity index (χ4v) is 8.52. The van der Waals surface area contributed by atoms with E-state index in [1.165, 1.54) is 25.7 Å². The zero-order valence-electron chi connectivity index (χ0n) is 19.9. The average molecular weight is 423 g/mol. The van der Waals surface area contributed by atoms with Crippen LogP contribution in [0.4, 0.5) is 0 Å². The van der Waals surface area contributed by atoms with E-state index in [0.29, 0.717) is 41.4 Å².